The van der Waals surface area contributed by atoms with Gasteiger partial charge in [0.1, 0.15) is 0 Å². The molecule has 0 saturated heterocycles. The van der Waals surface area contributed by atoms with Crippen molar-refractivity contribution in [1.29, 1.82) is 0 Å². The van der Waals surface area contributed by atoms with Crippen molar-refractivity contribution in [1.82, 2.24) is 4.90 Å². The van der Waals surface area contributed by atoms with Gasteiger partial charge in [0.05, 0.1) is 6.61 Å². The Balaban J connectivity index is 2.37. The molecule has 0 bridgehead atoms. The molecule has 68 valence electrons. The number of methoxy groups -OCH3 is 1. The Bertz CT molecular complexity index is 175. The molecule has 0 spiro atoms. The summed E-state index contributed by atoms with van der Waals surface area (Å²) < 4.78 is 4.92. The van der Waals surface area contributed by atoms with Crippen LogP contribution in [-0.2, 0) is 9.53 Å². The van der Waals surface area contributed by atoms with E-state index < -0.39 is 0 Å². The van der Waals surface area contributed by atoms with Crippen molar-refractivity contribution >= 4 is 5.91 Å². The van der Waals surface area contributed by atoms with Crippen LogP contribution in [0.3, 0.4) is 0 Å². The van der Waals surface area contributed by atoms with E-state index in [1.807, 2.05) is 4.90 Å². The molecule has 1 rings (SSSR count). The maximum atomic E-state index is 11.3. The zero-order valence-corrected chi connectivity index (χ0v) is 7.45. The Morgan fingerprint density at radius 3 is 2.83 bits per heavy atom. The highest BCUT2D eigenvalue weighted by molar-refractivity contribution is 5.87. The van der Waals surface area contributed by atoms with Crippen molar-refractivity contribution in [2.24, 2.45) is 0 Å². The lowest BCUT2D eigenvalue weighted by atomic mass is 10.4. The third-order valence-corrected chi connectivity index (χ3v) is 1.98. The number of rotatable bonds is 5. The zero-order valence-electron chi connectivity index (χ0n) is 7.45. The van der Waals surface area contributed by atoms with Gasteiger partial charge in [-0.05, 0) is 18.9 Å². The SMILES string of the molecule is C=CC(=O)N(CCOC)C1CC1. The van der Waals surface area contributed by atoms with Crippen LogP contribution in [0.5, 0.6) is 0 Å². The van der Waals surface area contributed by atoms with Gasteiger partial charge >= 0.3 is 0 Å². The average molecular weight is 169 g/mol. The normalized spacial score (nSPS) is 15.8. The van der Waals surface area contributed by atoms with Crippen LogP contribution in [0, 0.1) is 0 Å². The minimum Gasteiger partial charge on any atom is -0.383 e. The number of nitrogens with zero attached hydrogens (tertiary/aromatic N) is 1. The molecule has 0 N–H and O–H groups in total. The molecule has 0 aromatic carbocycles. The molecule has 0 aromatic heterocycles. The Morgan fingerprint density at radius 1 is 1.75 bits per heavy atom. The van der Waals surface area contributed by atoms with E-state index in [4.69, 9.17) is 4.74 Å². The number of carbonyl (C=O) groups is 1. The fourth-order valence-electron chi connectivity index (χ4n) is 1.17. The third-order valence-electron chi connectivity index (χ3n) is 1.98. The first-order chi connectivity index (χ1) is 5.79. The second-order valence-electron chi connectivity index (χ2n) is 2.96. The summed E-state index contributed by atoms with van der Waals surface area (Å²) in [5.41, 5.74) is 0. The number of amides is 1. The van der Waals surface area contributed by atoms with Crippen LogP contribution in [0.1, 0.15) is 12.8 Å². The van der Waals surface area contributed by atoms with Crippen molar-refractivity contribution in [2.45, 2.75) is 18.9 Å². The van der Waals surface area contributed by atoms with E-state index in [0.29, 0.717) is 19.2 Å². The number of hydrogen-bond donors (Lipinski definition) is 0. The van der Waals surface area contributed by atoms with Crippen LogP contribution >= 0.6 is 0 Å². The molecule has 1 fully saturated rings. The average Bonchev–Trinajstić information content (AvgIpc) is 2.88. The lowest BCUT2D eigenvalue weighted by molar-refractivity contribution is -0.127. The smallest absolute Gasteiger partial charge is 0.246 e. The molecule has 3 heteroatoms. The molecular weight excluding hydrogens is 154 g/mol. The van der Waals surface area contributed by atoms with Crippen LogP contribution in [0.25, 0.3) is 0 Å². The van der Waals surface area contributed by atoms with Crippen molar-refractivity contribution in [3.63, 3.8) is 0 Å². The second kappa shape index (κ2) is 4.26. The highest BCUT2D eigenvalue weighted by atomic mass is 16.5. The van der Waals surface area contributed by atoms with Gasteiger partial charge in [-0.15, -0.1) is 0 Å². The molecule has 0 atom stereocenters. The summed E-state index contributed by atoms with van der Waals surface area (Å²) >= 11 is 0. The summed E-state index contributed by atoms with van der Waals surface area (Å²) in [4.78, 5) is 13.1. The van der Waals surface area contributed by atoms with E-state index in [-0.39, 0.29) is 5.91 Å². The minimum absolute atomic E-state index is 0.0227. The highest BCUT2D eigenvalue weighted by Gasteiger charge is 2.30. The van der Waals surface area contributed by atoms with E-state index in [1.54, 1.807) is 7.11 Å². The van der Waals surface area contributed by atoms with E-state index in [1.165, 1.54) is 6.08 Å². The van der Waals surface area contributed by atoms with E-state index in [0.717, 1.165) is 12.8 Å². The molecule has 1 saturated carbocycles. The van der Waals surface area contributed by atoms with Crippen LogP contribution in [0.4, 0.5) is 0 Å². The summed E-state index contributed by atoms with van der Waals surface area (Å²) in [7, 11) is 1.64. The fraction of sp³-hybridized carbons (Fsp3) is 0.667. The highest BCUT2D eigenvalue weighted by Crippen LogP contribution is 2.26. The van der Waals surface area contributed by atoms with Crippen molar-refractivity contribution in [3.05, 3.63) is 12.7 Å². The van der Waals surface area contributed by atoms with Gasteiger partial charge in [-0.2, -0.15) is 0 Å². The van der Waals surface area contributed by atoms with Gasteiger partial charge in [0.25, 0.3) is 0 Å². The molecule has 1 aliphatic carbocycles. The molecule has 1 amide bonds. The Hall–Kier alpha value is -0.830. The largest absolute Gasteiger partial charge is 0.383 e. The first-order valence-corrected chi connectivity index (χ1v) is 4.21. The molecule has 3 nitrogen and oxygen atoms in total. The Morgan fingerprint density at radius 2 is 2.42 bits per heavy atom. The van der Waals surface area contributed by atoms with E-state index in [9.17, 15) is 4.79 Å². The van der Waals surface area contributed by atoms with Gasteiger partial charge < -0.3 is 9.64 Å². The van der Waals surface area contributed by atoms with Crippen LogP contribution < -0.4 is 0 Å². The van der Waals surface area contributed by atoms with Crippen molar-refractivity contribution in [3.8, 4) is 0 Å². The molecule has 12 heavy (non-hydrogen) atoms. The topological polar surface area (TPSA) is 29.5 Å². The van der Waals surface area contributed by atoms with Gasteiger partial charge in [0.2, 0.25) is 5.91 Å². The molecule has 0 unspecified atom stereocenters. The Labute approximate surface area is 73.0 Å². The predicted octanol–water partition coefficient (Wildman–Crippen LogP) is 0.810. The summed E-state index contributed by atoms with van der Waals surface area (Å²) in [6.07, 6.45) is 3.63. The molecular formula is C9H15NO2. The fourth-order valence-corrected chi connectivity index (χ4v) is 1.17. The number of carbonyl (C=O) groups excluding carboxylic acids is 1. The molecule has 0 aromatic rings. The molecule has 0 heterocycles. The quantitative estimate of drug-likeness (QED) is 0.570. The second-order valence-corrected chi connectivity index (χ2v) is 2.96. The standard InChI is InChI=1S/C9H15NO2/c1-3-9(11)10(6-7-12-2)8-4-5-8/h3,8H,1,4-7H2,2H3. The first-order valence-electron chi connectivity index (χ1n) is 4.21. The van der Waals surface area contributed by atoms with Crippen LogP contribution in [0.2, 0.25) is 0 Å². The van der Waals surface area contributed by atoms with Gasteiger partial charge in [-0.1, -0.05) is 6.58 Å². The maximum Gasteiger partial charge on any atom is 0.246 e. The number of hydrogen-bond acceptors (Lipinski definition) is 2. The maximum absolute atomic E-state index is 11.3. The molecule has 0 aliphatic heterocycles. The van der Waals surface area contributed by atoms with Crippen molar-refractivity contribution < 1.29 is 9.53 Å². The van der Waals surface area contributed by atoms with E-state index in [2.05, 4.69) is 6.58 Å². The third kappa shape index (κ3) is 2.34. The monoisotopic (exact) mass is 169 g/mol. The summed E-state index contributed by atoms with van der Waals surface area (Å²) in [6.45, 7) is 4.76. The van der Waals surface area contributed by atoms with Crippen LogP contribution in [-0.4, -0.2) is 37.1 Å². The first kappa shape index (κ1) is 9.26. The van der Waals surface area contributed by atoms with Gasteiger partial charge in [0.15, 0.2) is 0 Å². The molecule has 0 radical (unpaired) electrons. The molecule has 1 aliphatic rings. The van der Waals surface area contributed by atoms with Gasteiger partial charge in [0, 0.05) is 19.7 Å². The van der Waals surface area contributed by atoms with Gasteiger partial charge in [-0.3, -0.25) is 4.79 Å². The predicted molar refractivity (Wildman–Crippen MR) is 46.8 cm³/mol. The van der Waals surface area contributed by atoms with Crippen molar-refractivity contribution in [2.75, 3.05) is 20.3 Å². The lowest BCUT2D eigenvalue weighted by Gasteiger charge is -2.19. The zero-order chi connectivity index (χ0) is 8.97. The lowest BCUT2D eigenvalue weighted by Crippen LogP contribution is -2.34. The summed E-state index contributed by atoms with van der Waals surface area (Å²) in [5.74, 6) is 0.0227. The van der Waals surface area contributed by atoms with E-state index >= 15 is 0 Å². The van der Waals surface area contributed by atoms with Gasteiger partial charge in [-0.25, -0.2) is 0 Å². The summed E-state index contributed by atoms with van der Waals surface area (Å²) in [6, 6.07) is 0.450. The number of ether oxygens (including phenoxy) is 1. The minimum atomic E-state index is 0.0227. The Kier molecular flexibility index (Phi) is 3.29. The summed E-state index contributed by atoms with van der Waals surface area (Å²) in [5, 5.41) is 0. The van der Waals surface area contributed by atoms with Crippen LogP contribution in [0.15, 0.2) is 12.7 Å².